The van der Waals surface area contributed by atoms with Gasteiger partial charge in [-0.2, -0.15) is 0 Å². The van der Waals surface area contributed by atoms with Gasteiger partial charge in [0.25, 0.3) is 5.91 Å². The minimum atomic E-state index is -0.545. The van der Waals surface area contributed by atoms with E-state index in [1.807, 2.05) is 0 Å². The van der Waals surface area contributed by atoms with Gasteiger partial charge in [-0.3, -0.25) is 10.2 Å². The summed E-state index contributed by atoms with van der Waals surface area (Å²) < 4.78 is 10.2. The average molecular weight is 321 g/mol. The lowest BCUT2D eigenvalue weighted by molar-refractivity contribution is 0.0534. The molecule has 0 aliphatic rings. The lowest BCUT2D eigenvalue weighted by Gasteiger charge is -2.19. The Hall–Kier alpha value is -2.54. The lowest BCUT2D eigenvalue weighted by atomic mass is 10.1. The van der Waals surface area contributed by atoms with Gasteiger partial charge < -0.3 is 14.8 Å². The molecule has 0 aliphatic carbocycles. The third-order valence-electron chi connectivity index (χ3n) is 2.70. The van der Waals surface area contributed by atoms with E-state index >= 15 is 0 Å². The third kappa shape index (κ3) is 6.39. The standard InChI is InChI=1S/C16H23N3O4/c1-16(2,3)23-15(21)18-9-5-6-11-7-8-12(22-4)10-13(11)14(20)19-17/h5-8,10H,9,17H2,1-4H3,(H,18,21)(H,19,20). The first-order valence-corrected chi connectivity index (χ1v) is 7.09. The summed E-state index contributed by atoms with van der Waals surface area (Å²) in [6.45, 7) is 5.64. The summed E-state index contributed by atoms with van der Waals surface area (Å²) in [6, 6.07) is 5.05. The van der Waals surface area contributed by atoms with Gasteiger partial charge >= 0.3 is 6.09 Å². The first-order chi connectivity index (χ1) is 10.8. The molecule has 1 rings (SSSR count). The Kier molecular flexibility index (Phi) is 6.59. The fourth-order valence-electron chi connectivity index (χ4n) is 1.72. The smallest absolute Gasteiger partial charge is 0.407 e. The van der Waals surface area contributed by atoms with Crippen molar-refractivity contribution in [3.05, 3.63) is 35.4 Å². The van der Waals surface area contributed by atoms with Gasteiger partial charge in [0.15, 0.2) is 0 Å². The molecular formula is C16H23N3O4. The number of hydrogen-bond donors (Lipinski definition) is 3. The number of rotatable bonds is 5. The molecule has 0 heterocycles. The maximum absolute atomic E-state index is 11.8. The van der Waals surface area contributed by atoms with Gasteiger partial charge in [-0.05, 0) is 38.5 Å². The molecule has 0 fully saturated rings. The molecule has 0 unspecified atom stereocenters. The van der Waals surface area contributed by atoms with Gasteiger partial charge in [-0.25, -0.2) is 10.6 Å². The maximum Gasteiger partial charge on any atom is 0.407 e. The number of nitrogen functional groups attached to an aromatic ring is 1. The summed E-state index contributed by atoms with van der Waals surface area (Å²) in [4.78, 5) is 23.3. The molecule has 0 saturated heterocycles. The molecule has 1 aromatic rings. The molecule has 126 valence electrons. The van der Waals surface area contributed by atoms with Crippen LogP contribution in [0.15, 0.2) is 24.3 Å². The largest absolute Gasteiger partial charge is 0.497 e. The van der Waals surface area contributed by atoms with Crippen molar-refractivity contribution in [1.29, 1.82) is 0 Å². The molecule has 1 aromatic carbocycles. The third-order valence-corrected chi connectivity index (χ3v) is 2.70. The topological polar surface area (TPSA) is 103 Å². The van der Waals surface area contributed by atoms with Crippen molar-refractivity contribution in [3.63, 3.8) is 0 Å². The number of methoxy groups -OCH3 is 1. The molecular weight excluding hydrogens is 298 g/mol. The van der Waals surface area contributed by atoms with E-state index in [-0.39, 0.29) is 6.54 Å². The highest BCUT2D eigenvalue weighted by Gasteiger charge is 2.15. The Morgan fingerprint density at radius 3 is 2.57 bits per heavy atom. The molecule has 2 amide bonds. The van der Waals surface area contributed by atoms with Crippen LogP contribution in [0.3, 0.4) is 0 Å². The van der Waals surface area contributed by atoms with Gasteiger partial charge in [0.1, 0.15) is 11.4 Å². The van der Waals surface area contributed by atoms with Gasteiger partial charge in [-0.1, -0.05) is 18.2 Å². The van der Waals surface area contributed by atoms with Gasteiger partial charge in [0.2, 0.25) is 0 Å². The highest BCUT2D eigenvalue weighted by atomic mass is 16.6. The quantitative estimate of drug-likeness (QED) is 0.436. The Labute approximate surface area is 135 Å². The summed E-state index contributed by atoms with van der Waals surface area (Å²) in [5.74, 6) is 5.30. The van der Waals surface area contributed by atoms with E-state index in [0.29, 0.717) is 16.9 Å². The van der Waals surface area contributed by atoms with E-state index in [1.165, 1.54) is 7.11 Å². The van der Waals surface area contributed by atoms with Crippen LogP contribution in [0.2, 0.25) is 0 Å². The number of nitrogens with two attached hydrogens (primary N) is 1. The molecule has 0 atom stereocenters. The number of hydrogen-bond acceptors (Lipinski definition) is 5. The zero-order valence-electron chi connectivity index (χ0n) is 13.8. The number of benzene rings is 1. The predicted octanol–water partition coefficient (Wildman–Crippen LogP) is 1.84. The molecule has 0 aromatic heterocycles. The fraction of sp³-hybridized carbons (Fsp3) is 0.375. The molecule has 0 bridgehead atoms. The number of hydrazine groups is 1. The van der Waals surface area contributed by atoms with E-state index in [9.17, 15) is 9.59 Å². The first-order valence-electron chi connectivity index (χ1n) is 7.09. The van der Waals surface area contributed by atoms with Crippen LogP contribution in [0.1, 0.15) is 36.7 Å². The first kappa shape index (κ1) is 18.5. The number of nitrogens with one attached hydrogen (secondary N) is 2. The minimum absolute atomic E-state index is 0.268. The summed E-state index contributed by atoms with van der Waals surface area (Å²) in [5, 5.41) is 2.60. The minimum Gasteiger partial charge on any atom is -0.497 e. The van der Waals surface area contributed by atoms with Crippen LogP contribution in [0, 0.1) is 0 Å². The number of ether oxygens (including phenoxy) is 2. The van der Waals surface area contributed by atoms with Crippen molar-refractivity contribution < 1.29 is 19.1 Å². The zero-order chi connectivity index (χ0) is 17.5. The monoisotopic (exact) mass is 321 g/mol. The number of carbonyl (C=O) groups excluding carboxylic acids is 2. The van der Waals surface area contributed by atoms with Crippen molar-refractivity contribution in [3.8, 4) is 5.75 Å². The van der Waals surface area contributed by atoms with Crippen LogP contribution in [-0.2, 0) is 4.74 Å². The molecule has 0 aliphatic heterocycles. The summed E-state index contributed by atoms with van der Waals surface area (Å²) >= 11 is 0. The Balaban J connectivity index is 2.73. The van der Waals surface area contributed by atoms with Crippen LogP contribution in [0.4, 0.5) is 4.79 Å². The summed E-state index contributed by atoms with van der Waals surface area (Å²) in [5.41, 5.74) is 2.57. The molecule has 0 saturated carbocycles. The second-order valence-electron chi connectivity index (χ2n) is 5.71. The van der Waals surface area contributed by atoms with Crippen molar-refractivity contribution in [2.45, 2.75) is 26.4 Å². The van der Waals surface area contributed by atoms with E-state index in [2.05, 4.69) is 10.7 Å². The number of amides is 2. The summed E-state index contributed by atoms with van der Waals surface area (Å²) in [7, 11) is 1.51. The van der Waals surface area contributed by atoms with Crippen molar-refractivity contribution in [2.75, 3.05) is 13.7 Å². The Morgan fingerprint density at radius 1 is 1.30 bits per heavy atom. The van der Waals surface area contributed by atoms with Crippen molar-refractivity contribution in [2.24, 2.45) is 5.84 Å². The maximum atomic E-state index is 11.8. The van der Waals surface area contributed by atoms with Crippen LogP contribution in [0.25, 0.3) is 6.08 Å². The van der Waals surface area contributed by atoms with Crippen molar-refractivity contribution in [1.82, 2.24) is 10.7 Å². The van der Waals surface area contributed by atoms with E-state index in [4.69, 9.17) is 15.3 Å². The second-order valence-corrected chi connectivity index (χ2v) is 5.71. The van der Waals surface area contributed by atoms with Crippen molar-refractivity contribution >= 4 is 18.1 Å². The van der Waals surface area contributed by atoms with Crippen LogP contribution in [-0.4, -0.2) is 31.3 Å². The average Bonchev–Trinajstić information content (AvgIpc) is 2.49. The van der Waals surface area contributed by atoms with Crippen LogP contribution < -0.4 is 21.3 Å². The highest BCUT2D eigenvalue weighted by molar-refractivity contribution is 5.97. The molecule has 7 heteroatoms. The van der Waals surface area contributed by atoms with E-state index < -0.39 is 17.6 Å². The van der Waals surface area contributed by atoms with E-state index in [0.717, 1.165) is 0 Å². The van der Waals surface area contributed by atoms with Crippen LogP contribution >= 0.6 is 0 Å². The highest BCUT2D eigenvalue weighted by Crippen LogP contribution is 2.18. The summed E-state index contributed by atoms with van der Waals surface area (Å²) in [6.07, 6.45) is 2.91. The number of alkyl carbamates (subject to hydrolysis) is 1. The molecule has 0 spiro atoms. The molecule has 7 nitrogen and oxygen atoms in total. The zero-order valence-corrected chi connectivity index (χ0v) is 13.8. The van der Waals surface area contributed by atoms with Gasteiger partial charge in [0.05, 0.1) is 12.7 Å². The number of carbonyl (C=O) groups is 2. The van der Waals surface area contributed by atoms with E-state index in [1.54, 1.807) is 51.1 Å². The Morgan fingerprint density at radius 2 is 2.00 bits per heavy atom. The fourth-order valence-corrected chi connectivity index (χ4v) is 1.72. The lowest BCUT2D eigenvalue weighted by Crippen LogP contribution is -2.32. The molecule has 0 radical (unpaired) electrons. The predicted molar refractivity (Wildman–Crippen MR) is 87.9 cm³/mol. The molecule has 4 N–H and O–H groups in total. The second kappa shape index (κ2) is 8.19. The van der Waals surface area contributed by atoms with Gasteiger partial charge in [-0.15, -0.1) is 0 Å². The van der Waals surface area contributed by atoms with Gasteiger partial charge in [0, 0.05) is 6.54 Å². The SMILES string of the molecule is COc1ccc(C=CCNC(=O)OC(C)(C)C)c(C(=O)NN)c1. The Bertz CT molecular complexity index is 591. The van der Waals surface area contributed by atoms with Crippen LogP contribution in [0.5, 0.6) is 5.75 Å². The normalized spacial score (nSPS) is 11.2. The molecule has 23 heavy (non-hydrogen) atoms.